The Hall–Kier alpha value is -1.43. The van der Waals surface area contributed by atoms with Gasteiger partial charge in [0.25, 0.3) is 0 Å². The van der Waals surface area contributed by atoms with E-state index in [0.717, 1.165) is 26.2 Å². The van der Waals surface area contributed by atoms with Gasteiger partial charge in [0.1, 0.15) is 6.10 Å². The number of nitrogens with one attached hydrogen (secondary N) is 1. The molecule has 1 amide bonds. The van der Waals surface area contributed by atoms with E-state index in [9.17, 15) is 19.5 Å². The molecule has 116 valence electrons. The van der Waals surface area contributed by atoms with Crippen molar-refractivity contribution >= 4 is 17.8 Å². The number of hydrogen-bond donors (Lipinski definition) is 2. The van der Waals surface area contributed by atoms with Gasteiger partial charge in [0.15, 0.2) is 0 Å². The van der Waals surface area contributed by atoms with Crippen LogP contribution in [0.3, 0.4) is 0 Å². The lowest BCUT2D eigenvalue weighted by Crippen LogP contribution is -2.36. The first-order valence-electron chi connectivity index (χ1n) is 7.14. The van der Waals surface area contributed by atoms with E-state index in [0.29, 0.717) is 6.54 Å². The number of esters is 2. The van der Waals surface area contributed by atoms with E-state index in [-0.39, 0.29) is 0 Å². The zero-order valence-corrected chi connectivity index (χ0v) is 12.3. The molecule has 0 aromatic carbocycles. The quantitative estimate of drug-likeness (QED) is 0.359. The minimum atomic E-state index is -1.47. The molecule has 1 atom stereocenters. The topological polar surface area (TPSA) is 92.7 Å². The smallest absolute Gasteiger partial charge is 0.316 e. The Morgan fingerprint density at radius 1 is 1.10 bits per heavy atom. The second-order valence-corrected chi connectivity index (χ2v) is 4.74. The van der Waals surface area contributed by atoms with Crippen LogP contribution in [0.25, 0.3) is 0 Å². The first-order valence-corrected chi connectivity index (χ1v) is 7.14. The van der Waals surface area contributed by atoms with E-state index in [4.69, 9.17) is 0 Å². The SMILES string of the molecule is CCCCCCCCNC(=O)C(O)CC(=O)OC(C)=O. The van der Waals surface area contributed by atoms with E-state index >= 15 is 0 Å². The second kappa shape index (κ2) is 11.4. The minimum absolute atomic E-state index is 0.476. The number of amides is 1. The van der Waals surface area contributed by atoms with Gasteiger partial charge in [0.05, 0.1) is 6.42 Å². The summed E-state index contributed by atoms with van der Waals surface area (Å²) in [6.45, 7) is 3.71. The molecule has 0 aromatic heterocycles. The highest BCUT2D eigenvalue weighted by atomic mass is 16.6. The Bertz CT molecular complexity index is 317. The Morgan fingerprint density at radius 2 is 1.70 bits per heavy atom. The molecule has 0 radical (unpaired) electrons. The molecule has 0 saturated heterocycles. The normalized spacial score (nSPS) is 11.8. The van der Waals surface area contributed by atoms with Gasteiger partial charge in [-0.1, -0.05) is 39.0 Å². The van der Waals surface area contributed by atoms with Crippen molar-refractivity contribution in [3.05, 3.63) is 0 Å². The molecule has 0 bridgehead atoms. The number of unbranched alkanes of at least 4 members (excludes halogenated alkanes) is 5. The Labute approximate surface area is 119 Å². The van der Waals surface area contributed by atoms with Crippen LogP contribution in [0.15, 0.2) is 0 Å². The minimum Gasteiger partial charge on any atom is -0.393 e. The van der Waals surface area contributed by atoms with Crippen molar-refractivity contribution in [2.75, 3.05) is 6.54 Å². The average molecular weight is 287 g/mol. The van der Waals surface area contributed by atoms with Crippen LogP contribution in [0, 0.1) is 0 Å². The summed E-state index contributed by atoms with van der Waals surface area (Å²) < 4.78 is 4.23. The fraction of sp³-hybridized carbons (Fsp3) is 0.786. The van der Waals surface area contributed by atoms with Gasteiger partial charge < -0.3 is 15.2 Å². The summed E-state index contributed by atoms with van der Waals surface area (Å²) in [4.78, 5) is 33.0. The molecule has 0 aromatic rings. The Morgan fingerprint density at radius 3 is 2.30 bits per heavy atom. The van der Waals surface area contributed by atoms with Crippen LogP contribution in [0.5, 0.6) is 0 Å². The molecule has 0 fully saturated rings. The van der Waals surface area contributed by atoms with Gasteiger partial charge in [-0.15, -0.1) is 0 Å². The Balaban J connectivity index is 3.65. The van der Waals surface area contributed by atoms with Crippen LogP contribution in [0.1, 0.15) is 58.8 Å². The zero-order valence-electron chi connectivity index (χ0n) is 12.3. The highest BCUT2D eigenvalue weighted by Gasteiger charge is 2.20. The lowest BCUT2D eigenvalue weighted by molar-refractivity contribution is -0.160. The molecule has 0 rings (SSSR count). The molecule has 2 N–H and O–H groups in total. The molecule has 20 heavy (non-hydrogen) atoms. The van der Waals surface area contributed by atoms with Crippen LogP contribution >= 0.6 is 0 Å². The van der Waals surface area contributed by atoms with Crippen molar-refractivity contribution in [1.29, 1.82) is 0 Å². The molecule has 0 aliphatic rings. The highest BCUT2D eigenvalue weighted by Crippen LogP contribution is 2.04. The molecule has 0 heterocycles. The van der Waals surface area contributed by atoms with Gasteiger partial charge in [0, 0.05) is 13.5 Å². The second-order valence-electron chi connectivity index (χ2n) is 4.74. The molecular formula is C14H25NO5. The van der Waals surface area contributed by atoms with Gasteiger partial charge in [-0.25, -0.2) is 0 Å². The molecule has 0 spiro atoms. The monoisotopic (exact) mass is 287 g/mol. The van der Waals surface area contributed by atoms with E-state index in [1.165, 1.54) is 19.3 Å². The first kappa shape index (κ1) is 18.6. The molecule has 0 aliphatic carbocycles. The van der Waals surface area contributed by atoms with Gasteiger partial charge in [-0.2, -0.15) is 0 Å². The van der Waals surface area contributed by atoms with Crippen molar-refractivity contribution in [3.8, 4) is 0 Å². The van der Waals surface area contributed by atoms with E-state index < -0.39 is 30.4 Å². The molecule has 0 aliphatic heterocycles. The summed E-state index contributed by atoms with van der Waals surface area (Å²) in [5, 5.41) is 12.0. The van der Waals surface area contributed by atoms with Crippen molar-refractivity contribution in [3.63, 3.8) is 0 Å². The number of carbonyl (C=O) groups excluding carboxylic acids is 3. The summed E-state index contributed by atoms with van der Waals surface area (Å²) in [5.74, 6) is -2.27. The van der Waals surface area contributed by atoms with Gasteiger partial charge in [0.2, 0.25) is 5.91 Å². The fourth-order valence-electron chi connectivity index (χ4n) is 1.69. The molecule has 0 saturated carbocycles. The van der Waals surface area contributed by atoms with E-state index in [1.54, 1.807) is 0 Å². The summed E-state index contributed by atoms with van der Waals surface area (Å²) >= 11 is 0. The van der Waals surface area contributed by atoms with E-state index in [1.807, 2.05) is 0 Å². The maximum Gasteiger partial charge on any atom is 0.316 e. The number of rotatable bonds is 10. The maximum absolute atomic E-state index is 11.4. The zero-order chi connectivity index (χ0) is 15.4. The van der Waals surface area contributed by atoms with Crippen LogP contribution in [-0.2, 0) is 19.1 Å². The fourth-order valence-corrected chi connectivity index (χ4v) is 1.69. The van der Waals surface area contributed by atoms with Gasteiger partial charge in [-0.05, 0) is 6.42 Å². The first-order chi connectivity index (χ1) is 9.47. The predicted molar refractivity (Wildman–Crippen MR) is 73.8 cm³/mol. The number of aliphatic hydroxyl groups is 1. The molecule has 6 heteroatoms. The molecule has 1 unspecified atom stereocenters. The van der Waals surface area contributed by atoms with Crippen molar-refractivity contribution in [2.24, 2.45) is 0 Å². The lowest BCUT2D eigenvalue weighted by atomic mass is 10.1. The number of aliphatic hydroxyl groups excluding tert-OH is 1. The number of carbonyl (C=O) groups is 3. The van der Waals surface area contributed by atoms with Gasteiger partial charge >= 0.3 is 11.9 Å². The van der Waals surface area contributed by atoms with Crippen molar-refractivity contribution in [1.82, 2.24) is 5.32 Å². The van der Waals surface area contributed by atoms with Crippen molar-refractivity contribution in [2.45, 2.75) is 64.9 Å². The number of ether oxygens (including phenoxy) is 1. The summed E-state index contributed by atoms with van der Waals surface area (Å²) in [6, 6.07) is 0. The van der Waals surface area contributed by atoms with Crippen LogP contribution < -0.4 is 5.32 Å². The third-order valence-corrected chi connectivity index (χ3v) is 2.75. The predicted octanol–water partition coefficient (Wildman–Crippen LogP) is 1.30. The largest absolute Gasteiger partial charge is 0.393 e. The summed E-state index contributed by atoms with van der Waals surface area (Å²) in [7, 11) is 0. The van der Waals surface area contributed by atoms with Crippen LogP contribution in [0.2, 0.25) is 0 Å². The molecular weight excluding hydrogens is 262 g/mol. The third kappa shape index (κ3) is 10.5. The highest BCUT2D eigenvalue weighted by molar-refractivity contribution is 5.89. The Kier molecular flexibility index (Phi) is 10.6. The number of hydrogen-bond acceptors (Lipinski definition) is 5. The average Bonchev–Trinajstić information content (AvgIpc) is 2.36. The maximum atomic E-state index is 11.4. The standard InChI is InChI=1S/C14H25NO5/c1-3-4-5-6-7-8-9-15-14(19)12(17)10-13(18)20-11(2)16/h12,17H,3-10H2,1-2H3,(H,15,19). The summed E-state index contributed by atoms with van der Waals surface area (Å²) in [6.07, 6.45) is 4.65. The molecule has 6 nitrogen and oxygen atoms in total. The van der Waals surface area contributed by atoms with Crippen molar-refractivity contribution < 1.29 is 24.2 Å². The van der Waals surface area contributed by atoms with Crippen LogP contribution in [-0.4, -0.2) is 35.6 Å². The van der Waals surface area contributed by atoms with Gasteiger partial charge in [-0.3, -0.25) is 14.4 Å². The third-order valence-electron chi connectivity index (χ3n) is 2.75. The summed E-state index contributed by atoms with van der Waals surface area (Å²) in [5.41, 5.74) is 0. The lowest BCUT2D eigenvalue weighted by Gasteiger charge is -2.10. The van der Waals surface area contributed by atoms with E-state index in [2.05, 4.69) is 17.0 Å². The van der Waals surface area contributed by atoms with Crippen LogP contribution in [0.4, 0.5) is 0 Å².